The van der Waals surface area contributed by atoms with Crippen molar-refractivity contribution in [2.75, 3.05) is 18.1 Å². The van der Waals surface area contributed by atoms with Crippen molar-refractivity contribution in [2.24, 2.45) is 5.92 Å². The fourth-order valence-corrected chi connectivity index (χ4v) is 3.23. The van der Waals surface area contributed by atoms with E-state index in [2.05, 4.69) is 5.32 Å². The molecule has 0 bridgehead atoms. The first-order valence-electron chi connectivity index (χ1n) is 7.44. The minimum Gasteiger partial charge on any atom is -0.330 e. The summed E-state index contributed by atoms with van der Waals surface area (Å²) in [7, 11) is -1.04. The molecule has 1 aromatic carbocycles. The molecule has 2 amide bonds. The van der Waals surface area contributed by atoms with Crippen LogP contribution in [0.25, 0.3) is 0 Å². The number of carbonyl (C=O) groups is 2. The van der Waals surface area contributed by atoms with Gasteiger partial charge in [0.15, 0.2) is 0 Å². The smallest absolute Gasteiger partial charge is 0.247 e. The average Bonchev–Trinajstić information content (AvgIpc) is 2.85. The Morgan fingerprint density at radius 2 is 1.91 bits per heavy atom. The molecule has 0 unspecified atom stereocenters. The number of benzene rings is 1. The second-order valence-corrected chi connectivity index (χ2v) is 7.23. The number of amides is 2. The van der Waals surface area contributed by atoms with Gasteiger partial charge >= 0.3 is 0 Å². The van der Waals surface area contributed by atoms with Crippen LogP contribution in [0.1, 0.15) is 26.7 Å². The van der Waals surface area contributed by atoms with Gasteiger partial charge in [-0.1, -0.05) is 13.8 Å². The van der Waals surface area contributed by atoms with Crippen molar-refractivity contribution < 1.29 is 13.8 Å². The molecule has 0 radical (unpaired) electrons. The Morgan fingerprint density at radius 1 is 1.27 bits per heavy atom. The van der Waals surface area contributed by atoms with Gasteiger partial charge in [0, 0.05) is 40.6 Å². The summed E-state index contributed by atoms with van der Waals surface area (Å²) in [6, 6.07) is 6.49. The third-order valence-corrected chi connectivity index (χ3v) is 4.74. The molecule has 1 heterocycles. The molecule has 5 nitrogen and oxygen atoms in total. The minimum atomic E-state index is -1.04. The highest BCUT2D eigenvalue weighted by molar-refractivity contribution is 7.84. The van der Waals surface area contributed by atoms with Crippen LogP contribution in [0.2, 0.25) is 0 Å². The largest absolute Gasteiger partial charge is 0.330 e. The first-order chi connectivity index (χ1) is 10.4. The van der Waals surface area contributed by atoms with E-state index in [0.29, 0.717) is 23.5 Å². The van der Waals surface area contributed by atoms with E-state index >= 15 is 0 Å². The molecule has 22 heavy (non-hydrogen) atoms. The zero-order valence-electron chi connectivity index (χ0n) is 13.2. The molecule has 1 N–H and O–H groups in total. The lowest BCUT2D eigenvalue weighted by Crippen LogP contribution is -2.47. The number of rotatable bonds is 5. The van der Waals surface area contributed by atoms with Crippen LogP contribution in [0, 0.1) is 5.92 Å². The lowest BCUT2D eigenvalue weighted by Gasteiger charge is -2.29. The van der Waals surface area contributed by atoms with E-state index in [4.69, 9.17) is 0 Å². The summed E-state index contributed by atoms with van der Waals surface area (Å²) in [4.78, 5) is 26.8. The van der Waals surface area contributed by atoms with E-state index in [1.165, 1.54) is 0 Å². The van der Waals surface area contributed by atoms with Gasteiger partial charge in [0.2, 0.25) is 11.8 Å². The summed E-state index contributed by atoms with van der Waals surface area (Å²) in [6.45, 7) is 4.53. The molecular weight excluding hydrogens is 300 g/mol. The monoisotopic (exact) mass is 322 g/mol. The highest BCUT2D eigenvalue weighted by atomic mass is 32.2. The Kier molecular flexibility index (Phi) is 5.34. The van der Waals surface area contributed by atoms with Crippen LogP contribution < -0.4 is 5.32 Å². The molecule has 0 saturated carbocycles. The Hall–Kier alpha value is -1.69. The number of anilines is 1. The Labute approximate surface area is 133 Å². The van der Waals surface area contributed by atoms with Gasteiger partial charge in [0.05, 0.1) is 0 Å². The standard InChI is InChI=1S/C16H22N2O3S/c1-11(2)15(18-10-4-5-14(18)19)16(20)17-12-6-8-13(9-7-12)22(3)21/h6-9,11,15H,4-5,10H2,1-3H3,(H,17,20)/t15-,22-/m0/s1. The summed E-state index contributed by atoms with van der Waals surface area (Å²) in [5.74, 6) is -0.0781. The lowest BCUT2D eigenvalue weighted by molar-refractivity contribution is -0.136. The summed E-state index contributed by atoms with van der Waals surface area (Å²) in [6.07, 6.45) is 2.95. The number of likely N-dealkylation sites (tertiary alicyclic amines) is 1. The Morgan fingerprint density at radius 3 is 2.36 bits per heavy atom. The van der Waals surface area contributed by atoms with Gasteiger partial charge < -0.3 is 10.2 Å². The zero-order chi connectivity index (χ0) is 16.3. The van der Waals surface area contributed by atoms with Gasteiger partial charge in [-0.15, -0.1) is 0 Å². The van der Waals surface area contributed by atoms with Crippen molar-refractivity contribution in [3.63, 3.8) is 0 Å². The van der Waals surface area contributed by atoms with Crippen LogP contribution in [0.5, 0.6) is 0 Å². The van der Waals surface area contributed by atoms with Crippen molar-refractivity contribution in [1.29, 1.82) is 0 Å². The van der Waals surface area contributed by atoms with E-state index in [1.54, 1.807) is 35.4 Å². The van der Waals surface area contributed by atoms with Gasteiger partial charge in [-0.2, -0.15) is 0 Å². The van der Waals surface area contributed by atoms with Crippen molar-refractivity contribution in [3.8, 4) is 0 Å². The van der Waals surface area contributed by atoms with Crippen molar-refractivity contribution in [3.05, 3.63) is 24.3 Å². The number of nitrogens with zero attached hydrogens (tertiary/aromatic N) is 1. The predicted octanol–water partition coefficient (Wildman–Crippen LogP) is 2.01. The van der Waals surface area contributed by atoms with Crippen molar-refractivity contribution >= 4 is 28.3 Å². The topological polar surface area (TPSA) is 66.5 Å². The normalized spacial score (nSPS) is 17.6. The maximum absolute atomic E-state index is 12.5. The van der Waals surface area contributed by atoms with E-state index in [1.807, 2.05) is 13.8 Å². The fourth-order valence-electron chi connectivity index (χ4n) is 2.71. The Balaban J connectivity index is 2.11. The molecule has 1 fully saturated rings. The highest BCUT2D eigenvalue weighted by Crippen LogP contribution is 2.21. The van der Waals surface area contributed by atoms with Crippen molar-refractivity contribution in [2.45, 2.75) is 37.6 Å². The Bertz CT molecular complexity index is 584. The maximum atomic E-state index is 12.5. The average molecular weight is 322 g/mol. The minimum absolute atomic E-state index is 0.0458. The maximum Gasteiger partial charge on any atom is 0.247 e. The molecule has 120 valence electrons. The SMILES string of the molecule is CC(C)[C@@H](C(=O)Nc1ccc([S@](C)=O)cc1)N1CCCC1=O. The molecule has 1 aliphatic rings. The molecule has 1 aliphatic heterocycles. The molecule has 0 spiro atoms. The predicted molar refractivity (Wildman–Crippen MR) is 87.0 cm³/mol. The van der Waals surface area contributed by atoms with Crippen LogP contribution in [0.15, 0.2) is 29.2 Å². The van der Waals surface area contributed by atoms with Crippen molar-refractivity contribution in [1.82, 2.24) is 4.90 Å². The molecule has 1 aromatic rings. The van der Waals surface area contributed by atoms with Gasteiger partial charge in [-0.05, 0) is 36.6 Å². The van der Waals surface area contributed by atoms with E-state index in [0.717, 1.165) is 6.42 Å². The van der Waals surface area contributed by atoms with E-state index in [9.17, 15) is 13.8 Å². The second kappa shape index (κ2) is 7.05. The van der Waals surface area contributed by atoms with E-state index in [-0.39, 0.29) is 17.7 Å². The van der Waals surface area contributed by atoms with Gasteiger partial charge in [0.1, 0.15) is 6.04 Å². The quantitative estimate of drug-likeness (QED) is 0.902. The molecule has 6 heteroatoms. The molecule has 1 saturated heterocycles. The number of hydrogen-bond acceptors (Lipinski definition) is 3. The summed E-state index contributed by atoms with van der Waals surface area (Å²) in [5.41, 5.74) is 0.650. The summed E-state index contributed by atoms with van der Waals surface area (Å²) < 4.78 is 11.4. The van der Waals surface area contributed by atoms with Gasteiger partial charge in [-0.3, -0.25) is 13.8 Å². The van der Waals surface area contributed by atoms with Crippen LogP contribution in [0.3, 0.4) is 0 Å². The number of hydrogen-bond donors (Lipinski definition) is 1. The van der Waals surface area contributed by atoms with E-state index < -0.39 is 16.8 Å². The third kappa shape index (κ3) is 3.74. The lowest BCUT2D eigenvalue weighted by atomic mass is 10.0. The van der Waals surface area contributed by atoms with Crippen LogP contribution >= 0.6 is 0 Å². The zero-order valence-corrected chi connectivity index (χ0v) is 14.0. The molecule has 0 aliphatic carbocycles. The first-order valence-corrected chi connectivity index (χ1v) is 9.00. The molecule has 2 atom stereocenters. The summed E-state index contributed by atoms with van der Waals surface area (Å²) in [5, 5.41) is 2.86. The van der Waals surface area contributed by atoms with Gasteiger partial charge in [0.25, 0.3) is 0 Å². The number of carbonyl (C=O) groups excluding carboxylic acids is 2. The number of nitrogens with one attached hydrogen (secondary N) is 1. The highest BCUT2D eigenvalue weighted by Gasteiger charge is 2.34. The molecular formula is C16H22N2O3S. The second-order valence-electron chi connectivity index (χ2n) is 5.85. The molecule has 0 aromatic heterocycles. The van der Waals surface area contributed by atoms with Crippen LogP contribution in [-0.4, -0.2) is 39.8 Å². The summed E-state index contributed by atoms with van der Waals surface area (Å²) >= 11 is 0. The first kappa shape index (κ1) is 16.7. The fraction of sp³-hybridized carbons (Fsp3) is 0.500. The van der Waals surface area contributed by atoms with Crippen LogP contribution in [-0.2, 0) is 20.4 Å². The third-order valence-electron chi connectivity index (χ3n) is 3.80. The molecule has 2 rings (SSSR count). The van der Waals surface area contributed by atoms with Crippen LogP contribution in [0.4, 0.5) is 5.69 Å². The van der Waals surface area contributed by atoms with Gasteiger partial charge in [-0.25, -0.2) is 0 Å².